The number of halogens is 1. The van der Waals surface area contributed by atoms with Crippen LogP contribution in [0.5, 0.6) is 0 Å². The summed E-state index contributed by atoms with van der Waals surface area (Å²) in [5.41, 5.74) is 7.69. The molecule has 3 N–H and O–H groups in total. The SMILES string of the molecule is CO/N=C1\CN(c2cc3c(cc2F)C(=O)C(C(=O)O)CN3C2CC2)CC1CN. The summed E-state index contributed by atoms with van der Waals surface area (Å²) in [6, 6.07) is 3.05. The molecular formula is C19H23FN4O4. The first kappa shape index (κ1) is 18.7. The van der Waals surface area contributed by atoms with Crippen molar-refractivity contribution in [2.75, 3.05) is 43.1 Å². The van der Waals surface area contributed by atoms with Crippen LogP contribution in [0.4, 0.5) is 15.8 Å². The Morgan fingerprint density at radius 3 is 2.71 bits per heavy atom. The normalized spacial score (nSPS) is 26.0. The minimum absolute atomic E-state index is 0.0343. The molecule has 0 spiro atoms. The highest BCUT2D eigenvalue weighted by molar-refractivity contribution is 6.13. The molecular weight excluding hydrogens is 367 g/mol. The number of carboxylic acid groups (broad SMARTS) is 1. The number of aliphatic carboxylic acids is 1. The van der Waals surface area contributed by atoms with Crippen molar-refractivity contribution in [1.82, 2.24) is 0 Å². The zero-order chi connectivity index (χ0) is 20.0. The van der Waals surface area contributed by atoms with Crippen LogP contribution >= 0.6 is 0 Å². The van der Waals surface area contributed by atoms with Gasteiger partial charge in [0.1, 0.15) is 18.8 Å². The smallest absolute Gasteiger partial charge is 0.316 e. The molecule has 1 aromatic rings. The molecule has 3 aliphatic rings. The van der Waals surface area contributed by atoms with Crippen molar-refractivity contribution in [3.05, 3.63) is 23.5 Å². The van der Waals surface area contributed by atoms with Crippen LogP contribution in [0.1, 0.15) is 23.2 Å². The predicted octanol–water partition coefficient (Wildman–Crippen LogP) is 1.09. The third-order valence-corrected chi connectivity index (χ3v) is 5.72. The number of Topliss-reactive ketones (excluding diaryl/α,β-unsaturated/α-hetero) is 1. The third kappa shape index (κ3) is 3.09. The van der Waals surface area contributed by atoms with E-state index in [0.717, 1.165) is 18.6 Å². The van der Waals surface area contributed by atoms with Gasteiger partial charge in [-0.05, 0) is 25.0 Å². The lowest BCUT2D eigenvalue weighted by molar-refractivity contribution is -0.139. The van der Waals surface area contributed by atoms with Crippen LogP contribution in [0.3, 0.4) is 0 Å². The Morgan fingerprint density at radius 2 is 2.11 bits per heavy atom. The molecule has 1 saturated heterocycles. The molecule has 28 heavy (non-hydrogen) atoms. The third-order valence-electron chi connectivity index (χ3n) is 5.72. The molecule has 2 heterocycles. The molecule has 1 saturated carbocycles. The van der Waals surface area contributed by atoms with Gasteiger partial charge >= 0.3 is 5.97 Å². The highest BCUT2D eigenvalue weighted by atomic mass is 19.1. The molecule has 2 aliphatic heterocycles. The highest BCUT2D eigenvalue weighted by Gasteiger charge is 2.43. The van der Waals surface area contributed by atoms with Gasteiger partial charge in [0.2, 0.25) is 0 Å². The number of carbonyl (C=O) groups is 2. The lowest BCUT2D eigenvalue weighted by Crippen LogP contribution is -2.44. The Hall–Kier alpha value is -2.68. The number of carbonyl (C=O) groups excluding carboxylic acids is 1. The molecule has 0 bridgehead atoms. The molecule has 4 rings (SSSR count). The second kappa shape index (κ2) is 7.05. The van der Waals surface area contributed by atoms with Crippen molar-refractivity contribution in [3.63, 3.8) is 0 Å². The van der Waals surface area contributed by atoms with Gasteiger partial charge in [0.05, 0.1) is 23.6 Å². The van der Waals surface area contributed by atoms with E-state index in [4.69, 9.17) is 10.6 Å². The molecule has 0 amide bonds. The van der Waals surface area contributed by atoms with Gasteiger partial charge < -0.3 is 25.5 Å². The molecule has 8 nitrogen and oxygen atoms in total. The Labute approximate surface area is 161 Å². The minimum Gasteiger partial charge on any atom is -0.481 e. The van der Waals surface area contributed by atoms with Gasteiger partial charge in [0.25, 0.3) is 0 Å². The lowest BCUT2D eigenvalue weighted by Gasteiger charge is -2.35. The summed E-state index contributed by atoms with van der Waals surface area (Å²) >= 11 is 0. The van der Waals surface area contributed by atoms with E-state index in [9.17, 15) is 19.1 Å². The Balaban J connectivity index is 1.73. The first-order chi connectivity index (χ1) is 13.4. The van der Waals surface area contributed by atoms with Crippen molar-refractivity contribution >= 4 is 28.8 Å². The van der Waals surface area contributed by atoms with Gasteiger partial charge in [-0.15, -0.1) is 0 Å². The number of hydrogen-bond acceptors (Lipinski definition) is 7. The van der Waals surface area contributed by atoms with Gasteiger partial charge in [0, 0.05) is 37.2 Å². The van der Waals surface area contributed by atoms with Crippen molar-refractivity contribution < 1.29 is 23.9 Å². The van der Waals surface area contributed by atoms with Crippen LogP contribution in [0, 0.1) is 17.7 Å². The number of benzene rings is 1. The molecule has 2 atom stereocenters. The first-order valence-corrected chi connectivity index (χ1v) is 9.36. The van der Waals surface area contributed by atoms with E-state index in [2.05, 4.69) is 5.16 Å². The maximum absolute atomic E-state index is 15.0. The van der Waals surface area contributed by atoms with E-state index >= 15 is 0 Å². The van der Waals surface area contributed by atoms with Crippen molar-refractivity contribution in [3.8, 4) is 0 Å². The molecule has 2 fully saturated rings. The van der Waals surface area contributed by atoms with Crippen LogP contribution in [0.15, 0.2) is 17.3 Å². The zero-order valence-electron chi connectivity index (χ0n) is 15.6. The zero-order valence-corrected chi connectivity index (χ0v) is 15.6. The van der Waals surface area contributed by atoms with Gasteiger partial charge in [-0.1, -0.05) is 5.16 Å². The van der Waals surface area contributed by atoms with Crippen LogP contribution in [-0.2, 0) is 9.63 Å². The number of oxime groups is 1. The Kier molecular flexibility index (Phi) is 4.70. The monoisotopic (exact) mass is 390 g/mol. The molecule has 0 radical (unpaired) electrons. The Morgan fingerprint density at radius 1 is 1.36 bits per heavy atom. The van der Waals surface area contributed by atoms with Crippen LogP contribution < -0.4 is 15.5 Å². The summed E-state index contributed by atoms with van der Waals surface area (Å²) < 4.78 is 15.0. The standard InChI is InChI=1S/C19H23FN4O4/c1-28-22-15-9-23(7-10(15)6-21)17-5-16-12(4-14(17)20)18(25)13(19(26)27)8-24(16)11-2-3-11/h4-5,10-11,13H,2-3,6-9,21H2,1H3,(H,26,27)/b22-15+. The van der Waals surface area contributed by atoms with Crippen LogP contribution in [0.25, 0.3) is 0 Å². The highest BCUT2D eigenvalue weighted by Crippen LogP contribution is 2.41. The van der Waals surface area contributed by atoms with E-state index in [1.165, 1.54) is 13.2 Å². The summed E-state index contributed by atoms with van der Waals surface area (Å²) in [6.45, 7) is 1.39. The Bertz CT molecular complexity index is 855. The maximum atomic E-state index is 15.0. The fourth-order valence-corrected chi connectivity index (χ4v) is 4.09. The molecule has 9 heteroatoms. The topological polar surface area (TPSA) is 108 Å². The second-order valence-corrected chi connectivity index (χ2v) is 7.54. The van der Waals surface area contributed by atoms with Gasteiger partial charge in [-0.2, -0.15) is 0 Å². The van der Waals surface area contributed by atoms with E-state index in [1.807, 2.05) is 9.80 Å². The molecule has 150 valence electrons. The second-order valence-electron chi connectivity index (χ2n) is 7.54. The van der Waals surface area contributed by atoms with Crippen LogP contribution in [0.2, 0.25) is 0 Å². The van der Waals surface area contributed by atoms with E-state index in [0.29, 0.717) is 31.0 Å². The van der Waals surface area contributed by atoms with Gasteiger partial charge in [0.15, 0.2) is 5.78 Å². The van der Waals surface area contributed by atoms with E-state index in [1.54, 1.807) is 6.07 Å². The number of nitrogens with zero attached hydrogens (tertiary/aromatic N) is 3. The minimum atomic E-state index is -1.17. The molecule has 2 unspecified atom stereocenters. The van der Waals surface area contributed by atoms with E-state index < -0.39 is 23.5 Å². The summed E-state index contributed by atoms with van der Waals surface area (Å²) in [6.07, 6.45) is 1.88. The summed E-state index contributed by atoms with van der Waals surface area (Å²) in [4.78, 5) is 32.8. The fourth-order valence-electron chi connectivity index (χ4n) is 4.09. The number of fused-ring (bicyclic) bond motifs is 1. The van der Waals surface area contributed by atoms with Crippen molar-refractivity contribution in [1.29, 1.82) is 0 Å². The number of rotatable bonds is 5. The number of nitrogens with two attached hydrogens (primary N) is 1. The van der Waals surface area contributed by atoms with Gasteiger partial charge in [-0.3, -0.25) is 9.59 Å². The maximum Gasteiger partial charge on any atom is 0.316 e. The average molecular weight is 390 g/mol. The van der Waals surface area contributed by atoms with Gasteiger partial charge in [-0.25, -0.2) is 4.39 Å². The molecule has 1 aromatic carbocycles. The van der Waals surface area contributed by atoms with Crippen molar-refractivity contribution in [2.45, 2.75) is 18.9 Å². The molecule has 1 aliphatic carbocycles. The number of anilines is 2. The summed E-state index contributed by atoms with van der Waals surface area (Å²) in [7, 11) is 1.46. The average Bonchev–Trinajstić information content (AvgIpc) is 3.42. The fraction of sp³-hybridized carbons (Fsp3) is 0.526. The van der Waals surface area contributed by atoms with Crippen molar-refractivity contribution in [2.24, 2.45) is 22.7 Å². The number of carboxylic acids is 1. The predicted molar refractivity (Wildman–Crippen MR) is 101 cm³/mol. The molecule has 0 aromatic heterocycles. The largest absolute Gasteiger partial charge is 0.481 e. The summed E-state index contributed by atoms with van der Waals surface area (Å²) in [5, 5.41) is 13.4. The lowest BCUT2D eigenvalue weighted by atomic mass is 9.90. The number of ketones is 1. The van der Waals surface area contributed by atoms with E-state index in [-0.39, 0.29) is 24.1 Å². The number of hydrogen-bond donors (Lipinski definition) is 2. The first-order valence-electron chi connectivity index (χ1n) is 9.36. The quantitative estimate of drug-likeness (QED) is 0.572. The summed E-state index contributed by atoms with van der Waals surface area (Å²) in [5.74, 6) is -3.45. The van der Waals surface area contributed by atoms with Crippen LogP contribution in [-0.4, -0.2) is 61.9 Å².